The molecule has 0 aromatic carbocycles. The minimum absolute atomic E-state index is 0.0250. The number of amides is 2. The Kier molecular flexibility index (Phi) is 2.79. The normalized spacial score (nSPS) is 42.1. The standard InChI is InChI=1S/C12H20N4O2/c13-16-11(18)9-12(5-8(12)6-15-9)4-7-2-1-3-14-10(7)17/h7-9,15H,1-6,13H2,(H,14,17)(H,16,18)/t7-,8?,9?,12?/m0/s1. The van der Waals surface area contributed by atoms with Gasteiger partial charge in [0, 0.05) is 12.5 Å². The van der Waals surface area contributed by atoms with Gasteiger partial charge in [-0.05, 0) is 43.6 Å². The molecule has 1 aliphatic carbocycles. The SMILES string of the molecule is NNC(=O)C1NCC2CC21C[C@@H]1CCCNC1=O. The van der Waals surface area contributed by atoms with E-state index in [0.717, 1.165) is 38.8 Å². The van der Waals surface area contributed by atoms with E-state index in [1.54, 1.807) is 0 Å². The van der Waals surface area contributed by atoms with Crippen LogP contribution in [0, 0.1) is 17.3 Å². The molecule has 3 aliphatic rings. The summed E-state index contributed by atoms with van der Waals surface area (Å²) in [4.78, 5) is 23.6. The lowest BCUT2D eigenvalue weighted by Gasteiger charge is -2.28. The van der Waals surface area contributed by atoms with Gasteiger partial charge in [0.25, 0.3) is 5.91 Å². The molecule has 0 bridgehead atoms. The zero-order chi connectivity index (χ0) is 12.8. The largest absolute Gasteiger partial charge is 0.356 e. The van der Waals surface area contributed by atoms with E-state index in [0.29, 0.717) is 5.92 Å². The molecule has 2 amide bonds. The molecule has 4 atom stereocenters. The monoisotopic (exact) mass is 252 g/mol. The number of nitrogens with two attached hydrogens (primary N) is 1. The fourth-order valence-corrected chi connectivity index (χ4v) is 3.79. The third kappa shape index (κ3) is 1.71. The van der Waals surface area contributed by atoms with Crippen molar-refractivity contribution in [1.82, 2.24) is 16.1 Å². The molecule has 1 saturated carbocycles. The second-order valence-corrected chi connectivity index (χ2v) is 5.82. The topological polar surface area (TPSA) is 96.2 Å². The Morgan fingerprint density at radius 1 is 1.56 bits per heavy atom. The molecule has 0 aromatic heterocycles. The van der Waals surface area contributed by atoms with Gasteiger partial charge >= 0.3 is 0 Å². The second kappa shape index (κ2) is 4.20. The van der Waals surface area contributed by atoms with Crippen LogP contribution >= 0.6 is 0 Å². The molecular weight excluding hydrogens is 232 g/mol. The van der Waals surface area contributed by atoms with Gasteiger partial charge in [0.2, 0.25) is 5.91 Å². The van der Waals surface area contributed by atoms with Crippen molar-refractivity contribution in [1.29, 1.82) is 0 Å². The quantitative estimate of drug-likeness (QED) is 0.290. The van der Waals surface area contributed by atoms with Gasteiger partial charge in [-0.2, -0.15) is 0 Å². The van der Waals surface area contributed by atoms with Crippen LogP contribution in [0.15, 0.2) is 0 Å². The molecule has 100 valence electrons. The minimum Gasteiger partial charge on any atom is -0.356 e. The number of piperidine rings is 2. The molecule has 5 N–H and O–H groups in total. The Balaban J connectivity index is 1.71. The number of carbonyl (C=O) groups is 2. The maximum absolute atomic E-state index is 11.8. The Morgan fingerprint density at radius 3 is 3.06 bits per heavy atom. The van der Waals surface area contributed by atoms with E-state index in [1.807, 2.05) is 0 Å². The van der Waals surface area contributed by atoms with E-state index < -0.39 is 0 Å². The summed E-state index contributed by atoms with van der Waals surface area (Å²) in [5, 5.41) is 6.14. The molecule has 2 aliphatic heterocycles. The third-order valence-corrected chi connectivity index (χ3v) is 4.85. The summed E-state index contributed by atoms with van der Waals surface area (Å²) in [7, 11) is 0. The first kappa shape index (κ1) is 11.9. The van der Waals surface area contributed by atoms with Gasteiger partial charge in [-0.15, -0.1) is 0 Å². The van der Waals surface area contributed by atoms with Gasteiger partial charge in [0.15, 0.2) is 0 Å². The Hall–Kier alpha value is -1.14. The minimum atomic E-state index is -0.220. The van der Waals surface area contributed by atoms with E-state index in [4.69, 9.17) is 5.84 Å². The number of fused-ring (bicyclic) bond motifs is 1. The summed E-state index contributed by atoms with van der Waals surface area (Å²) >= 11 is 0. The van der Waals surface area contributed by atoms with E-state index in [1.165, 1.54) is 0 Å². The molecule has 0 aromatic rings. The van der Waals surface area contributed by atoms with E-state index in [9.17, 15) is 9.59 Å². The molecule has 18 heavy (non-hydrogen) atoms. The molecule has 3 fully saturated rings. The van der Waals surface area contributed by atoms with Crippen LogP contribution in [0.1, 0.15) is 25.7 Å². The highest BCUT2D eigenvalue weighted by atomic mass is 16.2. The van der Waals surface area contributed by atoms with Crippen LogP contribution in [0.4, 0.5) is 0 Å². The highest BCUT2D eigenvalue weighted by Crippen LogP contribution is 2.62. The van der Waals surface area contributed by atoms with Gasteiger partial charge in [-0.25, -0.2) is 5.84 Å². The molecule has 0 spiro atoms. The van der Waals surface area contributed by atoms with Crippen LogP contribution in [0.3, 0.4) is 0 Å². The predicted molar refractivity (Wildman–Crippen MR) is 65.0 cm³/mol. The fourth-order valence-electron chi connectivity index (χ4n) is 3.79. The lowest BCUT2D eigenvalue weighted by atomic mass is 9.82. The van der Waals surface area contributed by atoms with Crippen LogP contribution in [-0.2, 0) is 9.59 Å². The van der Waals surface area contributed by atoms with Crippen molar-refractivity contribution in [3.05, 3.63) is 0 Å². The number of hydrogen-bond acceptors (Lipinski definition) is 4. The number of hydrogen-bond donors (Lipinski definition) is 4. The van der Waals surface area contributed by atoms with Crippen molar-refractivity contribution in [2.24, 2.45) is 23.1 Å². The summed E-state index contributed by atoms with van der Waals surface area (Å²) in [6, 6.07) is -0.220. The maximum atomic E-state index is 11.8. The van der Waals surface area contributed by atoms with Crippen LogP contribution in [0.5, 0.6) is 0 Å². The van der Waals surface area contributed by atoms with Crippen molar-refractivity contribution >= 4 is 11.8 Å². The van der Waals surface area contributed by atoms with Gasteiger partial charge < -0.3 is 10.6 Å². The summed E-state index contributed by atoms with van der Waals surface area (Å²) in [5.74, 6) is 5.84. The first-order chi connectivity index (χ1) is 8.67. The Bertz CT molecular complexity index is 386. The lowest BCUT2D eigenvalue weighted by Crippen LogP contribution is -2.50. The van der Waals surface area contributed by atoms with Crippen LogP contribution in [0.25, 0.3) is 0 Å². The van der Waals surface area contributed by atoms with Gasteiger partial charge in [0.1, 0.15) is 0 Å². The summed E-state index contributed by atoms with van der Waals surface area (Å²) < 4.78 is 0. The first-order valence-corrected chi connectivity index (χ1v) is 6.69. The van der Waals surface area contributed by atoms with E-state index in [-0.39, 0.29) is 29.2 Å². The van der Waals surface area contributed by atoms with Crippen molar-refractivity contribution in [2.45, 2.75) is 31.7 Å². The number of carbonyl (C=O) groups excluding carboxylic acids is 2. The van der Waals surface area contributed by atoms with Gasteiger partial charge in [-0.1, -0.05) is 0 Å². The average molecular weight is 252 g/mol. The Labute approximate surface area is 106 Å². The molecule has 6 nitrogen and oxygen atoms in total. The summed E-state index contributed by atoms with van der Waals surface area (Å²) in [6.45, 7) is 1.66. The van der Waals surface area contributed by atoms with Crippen molar-refractivity contribution in [3.63, 3.8) is 0 Å². The van der Waals surface area contributed by atoms with Crippen LogP contribution < -0.4 is 21.9 Å². The fraction of sp³-hybridized carbons (Fsp3) is 0.833. The Morgan fingerprint density at radius 2 is 2.39 bits per heavy atom. The van der Waals surface area contributed by atoms with Crippen molar-refractivity contribution in [3.8, 4) is 0 Å². The summed E-state index contributed by atoms with van der Waals surface area (Å²) in [5.41, 5.74) is 2.21. The van der Waals surface area contributed by atoms with E-state index in [2.05, 4.69) is 16.1 Å². The number of hydrazine groups is 1. The van der Waals surface area contributed by atoms with Crippen LogP contribution in [0.2, 0.25) is 0 Å². The average Bonchev–Trinajstić information content (AvgIpc) is 2.96. The highest BCUT2D eigenvalue weighted by molar-refractivity contribution is 5.84. The predicted octanol–water partition coefficient (Wildman–Crippen LogP) is -1.13. The number of rotatable bonds is 3. The second-order valence-electron chi connectivity index (χ2n) is 5.82. The van der Waals surface area contributed by atoms with Crippen molar-refractivity contribution < 1.29 is 9.59 Å². The maximum Gasteiger partial charge on any atom is 0.251 e. The highest BCUT2D eigenvalue weighted by Gasteiger charge is 2.65. The molecule has 2 saturated heterocycles. The molecule has 0 radical (unpaired) electrons. The molecule has 3 unspecified atom stereocenters. The molecule has 3 rings (SSSR count). The van der Waals surface area contributed by atoms with Crippen LogP contribution in [-0.4, -0.2) is 30.9 Å². The molecular formula is C12H20N4O2. The smallest absolute Gasteiger partial charge is 0.251 e. The molecule has 6 heteroatoms. The number of nitrogens with one attached hydrogen (secondary N) is 3. The van der Waals surface area contributed by atoms with Gasteiger partial charge in [0.05, 0.1) is 6.04 Å². The van der Waals surface area contributed by atoms with Crippen molar-refractivity contribution in [2.75, 3.05) is 13.1 Å². The lowest BCUT2D eigenvalue weighted by molar-refractivity contribution is -0.129. The first-order valence-electron chi connectivity index (χ1n) is 6.69. The third-order valence-electron chi connectivity index (χ3n) is 4.85. The summed E-state index contributed by atoms with van der Waals surface area (Å²) in [6.07, 6.45) is 3.84. The van der Waals surface area contributed by atoms with E-state index >= 15 is 0 Å². The zero-order valence-electron chi connectivity index (χ0n) is 10.4. The zero-order valence-corrected chi connectivity index (χ0v) is 10.4. The molecule has 2 heterocycles. The van der Waals surface area contributed by atoms with Gasteiger partial charge in [-0.3, -0.25) is 15.0 Å².